The summed E-state index contributed by atoms with van der Waals surface area (Å²) in [5.74, 6) is -0.0790. The first-order valence-corrected chi connectivity index (χ1v) is 7.12. The summed E-state index contributed by atoms with van der Waals surface area (Å²) >= 11 is 0. The van der Waals surface area contributed by atoms with Crippen molar-refractivity contribution < 1.29 is 23.8 Å². The standard InChI is InChI=1S/C13H27N3O5/c1-12(17)15-4-3-5-16-13(18)21-11-10-20-9-8-19-7-6-14-2/h14H,3-11H2,1-2H3,(H,15,17)(H,16,18). The smallest absolute Gasteiger partial charge is 0.407 e. The average Bonchev–Trinajstić information content (AvgIpc) is 2.45. The second-order valence-electron chi connectivity index (χ2n) is 4.23. The lowest BCUT2D eigenvalue weighted by molar-refractivity contribution is -0.118. The van der Waals surface area contributed by atoms with Gasteiger partial charge in [0.25, 0.3) is 0 Å². The van der Waals surface area contributed by atoms with Gasteiger partial charge in [0.1, 0.15) is 6.61 Å². The van der Waals surface area contributed by atoms with Gasteiger partial charge in [0, 0.05) is 26.6 Å². The molecule has 21 heavy (non-hydrogen) atoms. The van der Waals surface area contributed by atoms with E-state index in [0.717, 1.165) is 6.54 Å². The zero-order valence-corrected chi connectivity index (χ0v) is 12.9. The first-order chi connectivity index (χ1) is 10.2. The molecule has 0 saturated heterocycles. The number of alkyl carbamates (subject to hydrolysis) is 1. The first kappa shape index (κ1) is 19.6. The van der Waals surface area contributed by atoms with Crippen LogP contribution in [-0.4, -0.2) is 71.7 Å². The van der Waals surface area contributed by atoms with Gasteiger partial charge >= 0.3 is 6.09 Å². The molecule has 0 aliphatic carbocycles. The highest BCUT2D eigenvalue weighted by atomic mass is 16.6. The van der Waals surface area contributed by atoms with Crippen molar-refractivity contribution in [2.24, 2.45) is 0 Å². The van der Waals surface area contributed by atoms with Crippen LogP contribution in [0, 0.1) is 0 Å². The maximum absolute atomic E-state index is 11.2. The minimum absolute atomic E-state index is 0.0790. The molecule has 0 heterocycles. The highest BCUT2D eigenvalue weighted by Crippen LogP contribution is 1.83. The van der Waals surface area contributed by atoms with Crippen LogP contribution in [-0.2, 0) is 19.0 Å². The lowest BCUT2D eigenvalue weighted by Gasteiger charge is -2.08. The highest BCUT2D eigenvalue weighted by molar-refractivity contribution is 5.72. The minimum atomic E-state index is -0.480. The van der Waals surface area contributed by atoms with Gasteiger partial charge in [-0.15, -0.1) is 0 Å². The molecule has 0 bridgehead atoms. The van der Waals surface area contributed by atoms with E-state index >= 15 is 0 Å². The van der Waals surface area contributed by atoms with Crippen LogP contribution in [0.25, 0.3) is 0 Å². The van der Waals surface area contributed by atoms with E-state index in [1.165, 1.54) is 6.92 Å². The Hall–Kier alpha value is -1.38. The molecule has 0 radical (unpaired) electrons. The zero-order chi connectivity index (χ0) is 15.8. The van der Waals surface area contributed by atoms with Gasteiger partial charge in [-0.3, -0.25) is 4.79 Å². The van der Waals surface area contributed by atoms with Crippen LogP contribution >= 0.6 is 0 Å². The van der Waals surface area contributed by atoms with Crippen molar-refractivity contribution in [2.75, 3.05) is 59.7 Å². The Kier molecular flexibility index (Phi) is 14.0. The molecular weight excluding hydrogens is 278 g/mol. The zero-order valence-electron chi connectivity index (χ0n) is 12.9. The fourth-order valence-corrected chi connectivity index (χ4v) is 1.28. The van der Waals surface area contributed by atoms with Crippen molar-refractivity contribution in [2.45, 2.75) is 13.3 Å². The molecule has 2 amide bonds. The molecule has 0 aromatic carbocycles. The van der Waals surface area contributed by atoms with E-state index in [9.17, 15) is 9.59 Å². The van der Waals surface area contributed by atoms with Crippen molar-refractivity contribution in [3.8, 4) is 0 Å². The minimum Gasteiger partial charge on any atom is -0.447 e. The summed E-state index contributed by atoms with van der Waals surface area (Å²) in [6.45, 7) is 5.45. The van der Waals surface area contributed by atoms with Crippen LogP contribution < -0.4 is 16.0 Å². The molecule has 124 valence electrons. The van der Waals surface area contributed by atoms with E-state index in [4.69, 9.17) is 14.2 Å². The van der Waals surface area contributed by atoms with E-state index < -0.39 is 6.09 Å². The average molecular weight is 305 g/mol. The van der Waals surface area contributed by atoms with Gasteiger partial charge in [-0.2, -0.15) is 0 Å². The summed E-state index contributed by atoms with van der Waals surface area (Å²) < 4.78 is 15.4. The number of ether oxygens (including phenoxy) is 3. The number of hydrogen-bond acceptors (Lipinski definition) is 6. The van der Waals surface area contributed by atoms with E-state index in [1.54, 1.807) is 0 Å². The van der Waals surface area contributed by atoms with Crippen LogP contribution in [0.5, 0.6) is 0 Å². The third-order valence-corrected chi connectivity index (χ3v) is 2.33. The number of rotatable bonds is 13. The van der Waals surface area contributed by atoms with Crippen LogP contribution in [0.15, 0.2) is 0 Å². The van der Waals surface area contributed by atoms with Crippen molar-refractivity contribution in [3.05, 3.63) is 0 Å². The molecule has 8 heteroatoms. The van der Waals surface area contributed by atoms with E-state index in [0.29, 0.717) is 45.9 Å². The Bertz CT molecular complexity index is 277. The number of amides is 2. The fourth-order valence-electron chi connectivity index (χ4n) is 1.28. The first-order valence-electron chi connectivity index (χ1n) is 7.12. The van der Waals surface area contributed by atoms with E-state index in [2.05, 4.69) is 16.0 Å². The third-order valence-electron chi connectivity index (χ3n) is 2.33. The summed E-state index contributed by atoms with van der Waals surface area (Å²) in [4.78, 5) is 21.8. The van der Waals surface area contributed by atoms with Crippen molar-refractivity contribution in [3.63, 3.8) is 0 Å². The molecule has 0 aromatic heterocycles. The monoisotopic (exact) mass is 305 g/mol. The van der Waals surface area contributed by atoms with Crippen molar-refractivity contribution in [1.82, 2.24) is 16.0 Å². The van der Waals surface area contributed by atoms with Crippen molar-refractivity contribution >= 4 is 12.0 Å². The Balaban J connectivity index is 3.17. The second kappa shape index (κ2) is 15.0. The Morgan fingerprint density at radius 2 is 1.48 bits per heavy atom. The topological polar surface area (TPSA) is 97.9 Å². The van der Waals surface area contributed by atoms with Gasteiger partial charge in [0.15, 0.2) is 0 Å². The molecular formula is C13H27N3O5. The predicted molar refractivity (Wildman–Crippen MR) is 78.2 cm³/mol. The molecule has 8 nitrogen and oxygen atoms in total. The summed E-state index contributed by atoms with van der Waals surface area (Å²) in [6, 6.07) is 0. The van der Waals surface area contributed by atoms with Gasteiger partial charge < -0.3 is 30.2 Å². The lowest BCUT2D eigenvalue weighted by Crippen LogP contribution is -2.30. The summed E-state index contributed by atoms with van der Waals surface area (Å²) in [7, 11) is 1.86. The molecule has 0 aliphatic heterocycles. The largest absolute Gasteiger partial charge is 0.447 e. The molecule has 0 unspecified atom stereocenters. The van der Waals surface area contributed by atoms with Gasteiger partial charge in [-0.05, 0) is 13.5 Å². The third kappa shape index (κ3) is 16.6. The highest BCUT2D eigenvalue weighted by Gasteiger charge is 2.00. The van der Waals surface area contributed by atoms with Gasteiger partial charge in [0.05, 0.1) is 26.4 Å². The molecule has 0 aliphatic rings. The molecule has 0 spiro atoms. The Morgan fingerprint density at radius 3 is 2.14 bits per heavy atom. The summed E-state index contributed by atoms with van der Waals surface area (Å²) in [5, 5.41) is 8.19. The Labute approximate surface area is 125 Å². The van der Waals surface area contributed by atoms with E-state index in [1.807, 2.05) is 7.05 Å². The molecule has 0 saturated carbocycles. The van der Waals surface area contributed by atoms with Crippen LogP contribution in [0.4, 0.5) is 4.79 Å². The maximum atomic E-state index is 11.2. The maximum Gasteiger partial charge on any atom is 0.407 e. The quantitative estimate of drug-likeness (QED) is 0.397. The Morgan fingerprint density at radius 1 is 0.857 bits per heavy atom. The predicted octanol–water partition coefficient (Wildman–Crippen LogP) is -0.509. The lowest BCUT2D eigenvalue weighted by atomic mass is 10.4. The molecule has 0 atom stereocenters. The van der Waals surface area contributed by atoms with Crippen LogP contribution in [0.1, 0.15) is 13.3 Å². The van der Waals surface area contributed by atoms with Gasteiger partial charge in [-0.25, -0.2) is 4.79 Å². The number of carbonyl (C=O) groups is 2. The summed E-state index contributed by atoms with van der Waals surface area (Å²) in [6.07, 6.45) is 0.182. The van der Waals surface area contributed by atoms with Gasteiger partial charge in [-0.1, -0.05) is 0 Å². The normalized spacial score (nSPS) is 10.2. The van der Waals surface area contributed by atoms with Crippen LogP contribution in [0.2, 0.25) is 0 Å². The fraction of sp³-hybridized carbons (Fsp3) is 0.846. The molecule has 0 rings (SSSR count). The molecule has 0 aromatic rings. The molecule has 0 fully saturated rings. The summed E-state index contributed by atoms with van der Waals surface area (Å²) in [5.41, 5.74) is 0. The van der Waals surface area contributed by atoms with Crippen LogP contribution in [0.3, 0.4) is 0 Å². The number of carbonyl (C=O) groups excluding carboxylic acids is 2. The number of nitrogens with one attached hydrogen (secondary N) is 3. The second-order valence-corrected chi connectivity index (χ2v) is 4.23. The van der Waals surface area contributed by atoms with E-state index in [-0.39, 0.29) is 12.5 Å². The molecule has 3 N–H and O–H groups in total. The number of hydrogen-bond donors (Lipinski definition) is 3. The number of likely N-dealkylation sites (N-methyl/N-ethyl adjacent to an activating group) is 1. The van der Waals surface area contributed by atoms with Gasteiger partial charge in [0.2, 0.25) is 5.91 Å². The van der Waals surface area contributed by atoms with Crippen molar-refractivity contribution in [1.29, 1.82) is 0 Å². The SMILES string of the molecule is CNCCOCCOCCOC(=O)NCCCNC(C)=O.